The predicted octanol–water partition coefficient (Wildman–Crippen LogP) is 1.16. The third-order valence-corrected chi connectivity index (χ3v) is 2.33. The first-order chi connectivity index (χ1) is 6.83. The molecule has 0 amide bonds. The van der Waals surface area contributed by atoms with Crippen molar-refractivity contribution < 1.29 is 4.74 Å². The number of hydrogen-bond acceptors (Lipinski definition) is 4. The van der Waals surface area contributed by atoms with Crippen LogP contribution in [-0.2, 0) is 4.74 Å². The van der Waals surface area contributed by atoms with Crippen LogP contribution in [0.5, 0.6) is 0 Å². The van der Waals surface area contributed by atoms with Gasteiger partial charge in [-0.25, -0.2) is 9.97 Å². The molecule has 14 heavy (non-hydrogen) atoms. The molecule has 1 aromatic rings. The van der Waals surface area contributed by atoms with E-state index in [-0.39, 0.29) is 12.1 Å². The molecule has 1 rings (SSSR count). The molecule has 0 aliphatic heterocycles. The van der Waals surface area contributed by atoms with Crippen molar-refractivity contribution in [2.45, 2.75) is 25.5 Å². The van der Waals surface area contributed by atoms with Crippen molar-refractivity contribution in [1.29, 1.82) is 0 Å². The van der Waals surface area contributed by atoms with E-state index in [2.05, 4.69) is 22.2 Å². The van der Waals surface area contributed by atoms with Gasteiger partial charge in [-0.3, -0.25) is 0 Å². The largest absolute Gasteiger partial charge is 0.379 e. The Morgan fingerprint density at radius 3 is 2.50 bits per heavy atom. The number of ether oxygens (including phenoxy) is 1. The van der Waals surface area contributed by atoms with Crippen LogP contribution in [0, 0.1) is 0 Å². The van der Waals surface area contributed by atoms with Crippen LogP contribution in [0.25, 0.3) is 0 Å². The lowest BCUT2D eigenvalue weighted by atomic mass is 10.0. The molecule has 0 aromatic carbocycles. The molecule has 0 aliphatic rings. The van der Waals surface area contributed by atoms with Crippen LogP contribution in [-0.4, -0.2) is 30.2 Å². The lowest BCUT2D eigenvalue weighted by Gasteiger charge is -2.24. The average Bonchev–Trinajstić information content (AvgIpc) is 2.27. The number of likely N-dealkylation sites (N-methyl/N-ethyl adjacent to an activating group) is 1. The SMILES string of the molecule is CCC(OC)C(NC)c1cncnc1. The molecule has 2 unspecified atom stereocenters. The molecular formula is C10H17N3O. The van der Waals surface area contributed by atoms with E-state index in [9.17, 15) is 0 Å². The molecule has 1 N–H and O–H groups in total. The van der Waals surface area contributed by atoms with Gasteiger partial charge in [0.15, 0.2) is 0 Å². The number of nitrogens with zero attached hydrogens (tertiary/aromatic N) is 2. The summed E-state index contributed by atoms with van der Waals surface area (Å²) in [4.78, 5) is 8.00. The Bertz CT molecular complexity index is 249. The Balaban J connectivity index is 2.81. The van der Waals surface area contributed by atoms with Gasteiger partial charge in [-0.05, 0) is 13.5 Å². The standard InChI is InChI=1S/C10H17N3O/c1-4-9(14-3)10(11-2)8-5-12-7-13-6-8/h5-7,9-11H,4H2,1-3H3. The van der Waals surface area contributed by atoms with E-state index in [4.69, 9.17) is 4.74 Å². The zero-order valence-electron chi connectivity index (χ0n) is 8.90. The van der Waals surface area contributed by atoms with E-state index >= 15 is 0 Å². The van der Waals surface area contributed by atoms with Crippen LogP contribution in [0.3, 0.4) is 0 Å². The molecule has 4 heteroatoms. The van der Waals surface area contributed by atoms with E-state index in [1.54, 1.807) is 7.11 Å². The monoisotopic (exact) mass is 195 g/mol. The number of aromatic nitrogens is 2. The molecule has 0 saturated heterocycles. The predicted molar refractivity (Wildman–Crippen MR) is 54.9 cm³/mol. The van der Waals surface area contributed by atoms with Crippen molar-refractivity contribution in [2.75, 3.05) is 14.2 Å². The molecule has 0 saturated carbocycles. The van der Waals surface area contributed by atoms with Gasteiger partial charge in [0.05, 0.1) is 12.1 Å². The zero-order chi connectivity index (χ0) is 10.4. The summed E-state index contributed by atoms with van der Waals surface area (Å²) in [6, 6.07) is 0.159. The van der Waals surface area contributed by atoms with Gasteiger partial charge < -0.3 is 10.1 Å². The summed E-state index contributed by atoms with van der Waals surface area (Å²) in [5.41, 5.74) is 1.06. The lowest BCUT2D eigenvalue weighted by molar-refractivity contribution is 0.0673. The summed E-state index contributed by atoms with van der Waals surface area (Å²) in [5, 5.41) is 3.22. The normalized spacial score (nSPS) is 15.1. The quantitative estimate of drug-likeness (QED) is 0.766. The summed E-state index contributed by atoms with van der Waals surface area (Å²) in [6.07, 6.45) is 6.28. The highest BCUT2D eigenvalue weighted by Crippen LogP contribution is 2.18. The highest BCUT2D eigenvalue weighted by molar-refractivity contribution is 5.11. The van der Waals surface area contributed by atoms with E-state index in [1.807, 2.05) is 19.4 Å². The molecule has 2 atom stereocenters. The zero-order valence-corrected chi connectivity index (χ0v) is 8.90. The van der Waals surface area contributed by atoms with E-state index in [1.165, 1.54) is 6.33 Å². The van der Waals surface area contributed by atoms with E-state index < -0.39 is 0 Å². The second-order valence-corrected chi connectivity index (χ2v) is 3.12. The fraction of sp³-hybridized carbons (Fsp3) is 0.600. The Morgan fingerprint density at radius 1 is 1.43 bits per heavy atom. The highest BCUT2D eigenvalue weighted by atomic mass is 16.5. The highest BCUT2D eigenvalue weighted by Gasteiger charge is 2.19. The Morgan fingerprint density at radius 2 is 2.07 bits per heavy atom. The molecule has 0 radical (unpaired) electrons. The van der Waals surface area contributed by atoms with Crippen molar-refractivity contribution >= 4 is 0 Å². The maximum atomic E-state index is 5.39. The van der Waals surface area contributed by atoms with Crippen molar-refractivity contribution in [3.63, 3.8) is 0 Å². The minimum Gasteiger partial charge on any atom is -0.379 e. The van der Waals surface area contributed by atoms with Crippen LogP contribution >= 0.6 is 0 Å². The summed E-state index contributed by atoms with van der Waals surface area (Å²) < 4.78 is 5.39. The molecule has 0 spiro atoms. The molecule has 1 aromatic heterocycles. The van der Waals surface area contributed by atoms with Gasteiger partial charge in [-0.15, -0.1) is 0 Å². The molecule has 1 heterocycles. The maximum Gasteiger partial charge on any atom is 0.115 e. The molecule has 4 nitrogen and oxygen atoms in total. The smallest absolute Gasteiger partial charge is 0.115 e. The van der Waals surface area contributed by atoms with E-state index in [0.717, 1.165) is 12.0 Å². The van der Waals surface area contributed by atoms with Gasteiger partial charge in [0.1, 0.15) is 6.33 Å². The first kappa shape index (κ1) is 11.1. The van der Waals surface area contributed by atoms with Crippen molar-refractivity contribution in [3.8, 4) is 0 Å². The van der Waals surface area contributed by atoms with Crippen molar-refractivity contribution in [3.05, 3.63) is 24.3 Å². The van der Waals surface area contributed by atoms with Gasteiger partial charge >= 0.3 is 0 Å². The molecule has 0 fully saturated rings. The van der Waals surface area contributed by atoms with Crippen LogP contribution in [0.1, 0.15) is 24.9 Å². The van der Waals surface area contributed by atoms with Gasteiger partial charge in [0, 0.05) is 25.1 Å². The molecule has 78 valence electrons. The minimum atomic E-state index is 0.158. The second kappa shape index (κ2) is 5.67. The minimum absolute atomic E-state index is 0.158. The molecule has 0 bridgehead atoms. The Labute approximate surface area is 84.7 Å². The van der Waals surface area contributed by atoms with Crippen LogP contribution in [0.2, 0.25) is 0 Å². The van der Waals surface area contributed by atoms with Crippen LogP contribution in [0.15, 0.2) is 18.7 Å². The number of hydrogen-bond donors (Lipinski definition) is 1. The van der Waals surface area contributed by atoms with Crippen molar-refractivity contribution in [1.82, 2.24) is 15.3 Å². The summed E-state index contributed by atoms with van der Waals surface area (Å²) in [6.45, 7) is 2.10. The molecular weight excluding hydrogens is 178 g/mol. The first-order valence-electron chi connectivity index (χ1n) is 4.78. The summed E-state index contributed by atoms with van der Waals surface area (Å²) >= 11 is 0. The first-order valence-corrected chi connectivity index (χ1v) is 4.78. The van der Waals surface area contributed by atoms with E-state index in [0.29, 0.717) is 0 Å². The Kier molecular flexibility index (Phi) is 4.49. The summed E-state index contributed by atoms with van der Waals surface area (Å²) in [5.74, 6) is 0. The van der Waals surface area contributed by atoms with Crippen molar-refractivity contribution in [2.24, 2.45) is 0 Å². The maximum absolute atomic E-state index is 5.39. The molecule has 0 aliphatic carbocycles. The topological polar surface area (TPSA) is 47.0 Å². The average molecular weight is 195 g/mol. The van der Waals surface area contributed by atoms with Crippen LogP contribution in [0.4, 0.5) is 0 Å². The van der Waals surface area contributed by atoms with Gasteiger partial charge in [-0.1, -0.05) is 6.92 Å². The third-order valence-electron chi connectivity index (χ3n) is 2.33. The summed E-state index contributed by atoms with van der Waals surface area (Å²) in [7, 11) is 3.64. The van der Waals surface area contributed by atoms with Gasteiger partial charge in [0.2, 0.25) is 0 Å². The number of nitrogens with one attached hydrogen (secondary N) is 1. The Hall–Kier alpha value is -1.00. The van der Waals surface area contributed by atoms with Crippen LogP contribution < -0.4 is 5.32 Å². The van der Waals surface area contributed by atoms with Gasteiger partial charge in [0.25, 0.3) is 0 Å². The fourth-order valence-corrected chi connectivity index (χ4v) is 1.58. The lowest BCUT2D eigenvalue weighted by Crippen LogP contribution is -2.30. The third kappa shape index (κ3) is 2.49. The second-order valence-electron chi connectivity index (χ2n) is 3.12. The number of rotatable bonds is 5. The fourth-order valence-electron chi connectivity index (χ4n) is 1.58. The van der Waals surface area contributed by atoms with Gasteiger partial charge in [-0.2, -0.15) is 0 Å². The number of methoxy groups -OCH3 is 1.